The first-order valence-corrected chi connectivity index (χ1v) is 4.33. The Kier molecular flexibility index (Phi) is 1.76. The molecular formula is C9H11N3O. The van der Waals surface area contributed by atoms with E-state index in [1.165, 1.54) is 0 Å². The summed E-state index contributed by atoms with van der Waals surface area (Å²) in [6.07, 6.45) is 0.362. The number of rotatable bonds is 1. The fourth-order valence-electron chi connectivity index (χ4n) is 1.30. The smallest absolute Gasteiger partial charge is 0.230 e. The highest BCUT2D eigenvalue weighted by Crippen LogP contribution is 2.22. The second kappa shape index (κ2) is 2.80. The van der Waals surface area contributed by atoms with Gasteiger partial charge in [0.2, 0.25) is 5.91 Å². The number of aromatic nitrogens is 2. The quantitative estimate of drug-likeness (QED) is 0.698. The van der Waals surface area contributed by atoms with Gasteiger partial charge in [-0.2, -0.15) is 10.2 Å². The number of carbonyl (C=O) groups is 1. The van der Waals surface area contributed by atoms with Crippen molar-refractivity contribution in [3.63, 3.8) is 0 Å². The molecule has 2 rings (SSSR count). The number of nitrogens with zero attached hydrogens (tertiary/aromatic N) is 2. The Hall–Kier alpha value is -1.45. The van der Waals surface area contributed by atoms with E-state index in [0.717, 1.165) is 17.1 Å². The lowest BCUT2D eigenvalue weighted by Crippen LogP contribution is -2.03. The average Bonchev–Trinajstić information content (AvgIpc) is 2.42. The van der Waals surface area contributed by atoms with E-state index in [-0.39, 0.29) is 5.91 Å². The second-order valence-electron chi connectivity index (χ2n) is 3.51. The van der Waals surface area contributed by atoms with E-state index in [1.54, 1.807) is 0 Å². The van der Waals surface area contributed by atoms with Crippen molar-refractivity contribution in [2.45, 2.75) is 26.2 Å². The number of anilines is 1. The van der Waals surface area contributed by atoms with Crippen LogP contribution in [-0.4, -0.2) is 16.1 Å². The number of hydrogen-bond donors (Lipinski definition) is 1. The minimum atomic E-state index is 0.00482. The molecule has 2 heterocycles. The van der Waals surface area contributed by atoms with Crippen molar-refractivity contribution in [2.75, 3.05) is 5.32 Å². The molecule has 1 aromatic heterocycles. The molecule has 0 spiro atoms. The van der Waals surface area contributed by atoms with Crippen molar-refractivity contribution in [3.05, 3.63) is 17.5 Å². The minimum Gasteiger partial charge on any atom is -0.324 e. The summed E-state index contributed by atoms with van der Waals surface area (Å²) in [5.41, 5.74) is 2.50. The molecule has 0 unspecified atom stereocenters. The Morgan fingerprint density at radius 1 is 1.46 bits per heavy atom. The molecule has 0 aromatic carbocycles. The molecule has 0 bridgehead atoms. The molecule has 13 heavy (non-hydrogen) atoms. The summed E-state index contributed by atoms with van der Waals surface area (Å²) in [6.45, 7) is 4.10. The van der Waals surface area contributed by atoms with Crippen LogP contribution < -0.4 is 5.32 Å². The van der Waals surface area contributed by atoms with Crippen LogP contribution in [-0.2, 0) is 11.2 Å². The van der Waals surface area contributed by atoms with Gasteiger partial charge in [0.15, 0.2) is 0 Å². The highest BCUT2D eigenvalue weighted by Gasteiger charge is 2.20. The third-order valence-electron chi connectivity index (χ3n) is 2.08. The van der Waals surface area contributed by atoms with Crippen LogP contribution in [0.15, 0.2) is 6.07 Å². The lowest BCUT2D eigenvalue weighted by Gasteiger charge is -2.04. The minimum absolute atomic E-state index is 0.00482. The van der Waals surface area contributed by atoms with Crippen molar-refractivity contribution in [2.24, 2.45) is 0 Å². The van der Waals surface area contributed by atoms with Gasteiger partial charge in [0.25, 0.3) is 0 Å². The van der Waals surface area contributed by atoms with Gasteiger partial charge in [-0.25, -0.2) is 0 Å². The summed E-state index contributed by atoms with van der Waals surface area (Å²) >= 11 is 0. The zero-order valence-corrected chi connectivity index (χ0v) is 7.66. The van der Waals surface area contributed by atoms with Gasteiger partial charge in [-0.1, -0.05) is 13.8 Å². The van der Waals surface area contributed by atoms with Crippen LogP contribution in [0.25, 0.3) is 0 Å². The third kappa shape index (κ3) is 1.39. The Morgan fingerprint density at radius 2 is 2.23 bits per heavy atom. The number of nitrogens with one attached hydrogen (secondary N) is 1. The summed E-state index contributed by atoms with van der Waals surface area (Å²) in [4.78, 5) is 11.0. The Balaban J connectivity index is 2.40. The van der Waals surface area contributed by atoms with E-state index in [9.17, 15) is 4.79 Å². The van der Waals surface area contributed by atoms with Crippen LogP contribution in [0, 0.1) is 0 Å². The molecule has 4 heteroatoms. The van der Waals surface area contributed by atoms with Crippen LogP contribution in [0.3, 0.4) is 0 Å². The van der Waals surface area contributed by atoms with Crippen LogP contribution in [0.1, 0.15) is 31.2 Å². The molecule has 0 fully saturated rings. The summed E-state index contributed by atoms with van der Waals surface area (Å²) in [7, 11) is 0. The first kappa shape index (κ1) is 8.16. The maximum atomic E-state index is 11.0. The molecule has 0 saturated carbocycles. The van der Waals surface area contributed by atoms with Gasteiger partial charge < -0.3 is 5.32 Å². The van der Waals surface area contributed by atoms with Crippen molar-refractivity contribution in [3.8, 4) is 0 Å². The Labute approximate surface area is 76.4 Å². The van der Waals surface area contributed by atoms with E-state index in [1.807, 2.05) is 19.9 Å². The van der Waals surface area contributed by atoms with Gasteiger partial charge in [0, 0.05) is 0 Å². The van der Waals surface area contributed by atoms with Crippen LogP contribution in [0.2, 0.25) is 0 Å². The highest BCUT2D eigenvalue weighted by molar-refractivity contribution is 5.98. The van der Waals surface area contributed by atoms with Crippen molar-refractivity contribution in [1.29, 1.82) is 0 Å². The van der Waals surface area contributed by atoms with Crippen molar-refractivity contribution >= 4 is 11.6 Å². The van der Waals surface area contributed by atoms with E-state index >= 15 is 0 Å². The van der Waals surface area contributed by atoms with Gasteiger partial charge in [-0.15, -0.1) is 0 Å². The fraction of sp³-hybridized carbons (Fsp3) is 0.444. The van der Waals surface area contributed by atoms with Gasteiger partial charge in [-0.05, 0) is 12.0 Å². The van der Waals surface area contributed by atoms with Gasteiger partial charge in [0.1, 0.15) is 0 Å². The first-order valence-electron chi connectivity index (χ1n) is 4.33. The number of carbonyl (C=O) groups excluding carboxylic acids is 1. The number of hydrogen-bond acceptors (Lipinski definition) is 3. The molecule has 4 nitrogen and oxygen atoms in total. The molecular weight excluding hydrogens is 166 g/mol. The predicted octanol–water partition coefficient (Wildman–Crippen LogP) is 1.09. The summed E-state index contributed by atoms with van der Waals surface area (Å²) in [6, 6.07) is 1.90. The maximum absolute atomic E-state index is 11.0. The van der Waals surface area contributed by atoms with Crippen LogP contribution >= 0.6 is 0 Å². The van der Waals surface area contributed by atoms with Gasteiger partial charge >= 0.3 is 0 Å². The SMILES string of the molecule is CC(C)c1cc2c(nn1)CC(=O)N2. The van der Waals surface area contributed by atoms with E-state index in [4.69, 9.17) is 0 Å². The van der Waals surface area contributed by atoms with Crippen LogP contribution in [0.4, 0.5) is 5.69 Å². The zero-order valence-electron chi connectivity index (χ0n) is 7.66. The molecule has 68 valence electrons. The largest absolute Gasteiger partial charge is 0.324 e. The normalized spacial score (nSPS) is 14.5. The summed E-state index contributed by atoms with van der Waals surface area (Å²) in [5.74, 6) is 0.348. The number of amides is 1. The molecule has 0 radical (unpaired) electrons. The fourth-order valence-corrected chi connectivity index (χ4v) is 1.30. The molecule has 1 aliphatic heterocycles. The van der Waals surface area contributed by atoms with E-state index < -0.39 is 0 Å². The van der Waals surface area contributed by atoms with Crippen molar-refractivity contribution in [1.82, 2.24) is 10.2 Å². The molecule has 0 saturated heterocycles. The maximum Gasteiger partial charge on any atom is 0.230 e. The van der Waals surface area contributed by atoms with Gasteiger partial charge in [-0.3, -0.25) is 4.79 Å². The van der Waals surface area contributed by atoms with Crippen molar-refractivity contribution < 1.29 is 4.79 Å². The highest BCUT2D eigenvalue weighted by atomic mass is 16.1. The monoisotopic (exact) mass is 177 g/mol. The van der Waals surface area contributed by atoms with E-state index in [0.29, 0.717) is 12.3 Å². The lowest BCUT2D eigenvalue weighted by atomic mass is 10.1. The Morgan fingerprint density at radius 3 is 2.92 bits per heavy atom. The molecule has 0 atom stereocenters. The standard InChI is InChI=1S/C9H11N3O/c1-5(2)6-3-7-8(12-11-6)4-9(13)10-7/h3,5H,4H2,1-2H3,(H,10,13). The zero-order chi connectivity index (χ0) is 9.42. The summed E-state index contributed by atoms with van der Waals surface area (Å²) in [5, 5.41) is 10.8. The average molecular weight is 177 g/mol. The second-order valence-corrected chi connectivity index (χ2v) is 3.51. The lowest BCUT2D eigenvalue weighted by molar-refractivity contribution is -0.115. The molecule has 1 amide bonds. The number of fused-ring (bicyclic) bond motifs is 1. The topological polar surface area (TPSA) is 54.9 Å². The van der Waals surface area contributed by atoms with Crippen LogP contribution in [0.5, 0.6) is 0 Å². The Bertz CT molecular complexity index is 360. The first-order chi connectivity index (χ1) is 6.16. The van der Waals surface area contributed by atoms with Gasteiger partial charge in [0.05, 0.1) is 23.5 Å². The molecule has 0 aliphatic carbocycles. The molecule has 1 aromatic rings. The summed E-state index contributed by atoms with van der Waals surface area (Å²) < 4.78 is 0. The molecule has 1 N–H and O–H groups in total. The third-order valence-corrected chi connectivity index (χ3v) is 2.08. The van der Waals surface area contributed by atoms with E-state index in [2.05, 4.69) is 15.5 Å². The molecule has 1 aliphatic rings. The predicted molar refractivity (Wildman–Crippen MR) is 48.5 cm³/mol.